The Morgan fingerprint density at radius 2 is 0.606 bits per heavy atom. The van der Waals surface area contributed by atoms with Crippen LogP contribution in [0.3, 0.4) is 0 Å². The van der Waals surface area contributed by atoms with Gasteiger partial charge in [0.15, 0.2) is 6.10 Å². The monoisotopic (exact) mass is 1330 g/mol. The van der Waals surface area contributed by atoms with E-state index in [9.17, 15) is 19.0 Å². The first-order chi connectivity index (χ1) is 46.0. The second-order valence-corrected chi connectivity index (χ2v) is 29.1. The fraction of sp³-hybridized carbons (Fsp3) is 0.762. The summed E-state index contributed by atoms with van der Waals surface area (Å²) in [6.45, 7) is 4.14. The van der Waals surface area contributed by atoms with E-state index >= 15 is 0 Å². The predicted octanol–water partition coefficient (Wildman–Crippen LogP) is 25.8. The van der Waals surface area contributed by atoms with E-state index in [4.69, 9.17) is 18.5 Å². The summed E-state index contributed by atoms with van der Waals surface area (Å²) in [5.41, 5.74) is 0. The van der Waals surface area contributed by atoms with Crippen LogP contribution in [-0.4, -0.2) is 70.0 Å². The van der Waals surface area contributed by atoms with E-state index in [1.165, 1.54) is 231 Å². The van der Waals surface area contributed by atoms with Crippen LogP contribution in [0.2, 0.25) is 0 Å². The van der Waals surface area contributed by atoms with Crippen molar-refractivity contribution in [2.75, 3.05) is 47.5 Å². The van der Waals surface area contributed by atoms with E-state index in [0.717, 1.165) is 96.3 Å². The Hall–Kier alpha value is -3.33. The number of nitrogens with zero attached hydrogens (tertiary/aromatic N) is 1. The quantitative estimate of drug-likeness (QED) is 0.0195. The molecular formula is C84H150NO8P. The molecule has 0 saturated heterocycles. The number of rotatable bonds is 73. The SMILES string of the molecule is CC/C=C\C/C=C\C/C=C\C/C=C\C/C=C\C/C=C\C/C=C\CCCCCCCCCC(=O)OC(COC(=O)CCCCCCCCCCCCCCCCCCCCCCCCCCCCCCC/C=C\C/C=C\CCCCCCC)COP(=O)([O-])OCC[N+](C)(C)C. The second kappa shape index (κ2) is 73.9. The number of hydrogen-bond donors (Lipinski definition) is 0. The maximum Gasteiger partial charge on any atom is 0.306 e. The molecule has 0 amide bonds. The minimum absolute atomic E-state index is 0.0365. The van der Waals surface area contributed by atoms with Crippen molar-refractivity contribution in [2.24, 2.45) is 0 Å². The molecule has 2 atom stereocenters. The molecule has 0 spiro atoms. The van der Waals surface area contributed by atoms with Gasteiger partial charge in [-0.2, -0.15) is 0 Å². The van der Waals surface area contributed by atoms with Crippen LogP contribution in [0.1, 0.15) is 361 Å². The maximum absolute atomic E-state index is 12.9. The molecule has 0 heterocycles. The molecule has 9 nitrogen and oxygen atoms in total. The van der Waals surface area contributed by atoms with Gasteiger partial charge >= 0.3 is 11.9 Å². The highest BCUT2D eigenvalue weighted by molar-refractivity contribution is 7.45. The molecule has 2 unspecified atom stereocenters. The average Bonchev–Trinajstić information content (AvgIpc) is 1.65. The number of phosphoric acid groups is 1. The van der Waals surface area contributed by atoms with E-state index in [1.807, 2.05) is 21.1 Å². The normalized spacial score (nSPS) is 13.6. The number of allylic oxidation sites excluding steroid dienone is 18. The highest BCUT2D eigenvalue weighted by atomic mass is 31.2. The van der Waals surface area contributed by atoms with E-state index < -0.39 is 26.5 Å². The van der Waals surface area contributed by atoms with Gasteiger partial charge in [-0.15, -0.1) is 0 Å². The van der Waals surface area contributed by atoms with Gasteiger partial charge in [-0.1, -0.05) is 354 Å². The molecular weight excluding hydrogens is 1180 g/mol. The maximum atomic E-state index is 12.9. The number of ether oxygens (including phenoxy) is 2. The van der Waals surface area contributed by atoms with Crippen molar-refractivity contribution in [3.8, 4) is 0 Å². The molecule has 0 N–H and O–H groups in total. The van der Waals surface area contributed by atoms with Gasteiger partial charge in [-0.25, -0.2) is 0 Å². The number of esters is 2. The lowest BCUT2D eigenvalue weighted by molar-refractivity contribution is -0.870. The molecule has 0 aliphatic heterocycles. The lowest BCUT2D eigenvalue weighted by atomic mass is 10.0. The van der Waals surface area contributed by atoms with E-state index in [1.54, 1.807) is 0 Å². The van der Waals surface area contributed by atoms with Crippen LogP contribution in [-0.2, 0) is 32.7 Å². The van der Waals surface area contributed by atoms with Crippen molar-refractivity contribution in [2.45, 2.75) is 367 Å². The Balaban J connectivity index is 3.95. The number of unbranched alkanes of at least 4 members (excludes halogenated alkanes) is 41. The molecule has 94 heavy (non-hydrogen) atoms. The van der Waals surface area contributed by atoms with Gasteiger partial charge in [0.25, 0.3) is 7.82 Å². The molecule has 0 radical (unpaired) electrons. The van der Waals surface area contributed by atoms with E-state index in [2.05, 4.69) is 123 Å². The van der Waals surface area contributed by atoms with Crippen LogP contribution in [0.4, 0.5) is 0 Å². The zero-order chi connectivity index (χ0) is 68.3. The molecule has 10 heteroatoms. The van der Waals surface area contributed by atoms with Crippen LogP contribution >= 0.6 is 7.82 Å². The Morgan fingerprint density at radius 3 is 0.904 bits per heavy atom. The molecule has 0 aromatic carbocycles. The van der Waals surface area contributed by atoms with Crippen LogP contribution in [0.25, 0.3) is 0 Å². The van der Waals surface area contributed by atoms with Gasteiger partial charge in [0, 0.05) is 12.8 Å². The summed E-state index contributed by atoms with van der Waals surface area (Å²) >= 11 is 0. The molecule has 0 aliphatic rings. The van der Waals surface area contributed by atoms with Gasteiger partial charge in [-0.3, -0.25) is 14.2 Å². The van der Waals surface area contributed by atoms with Crippen LogP contribution < -0.4 is 4.89 Å². The predicted molar refractivity (Wildman–Crippen MR) is 406 cm³/mol. The third kappa shape index (κ3) is 77.7. The summed E-state index contributed by atoms with van der Waals surface area (Å²) in [6, 6.07) is 0. The standard InChI is InChI=1S/C84H150NO8P/c1-6-8-10-12-14-16-18-20-22-24-26-28-30-32-34-36-37-38-39-40-41-42-43-44-45-46-47-49-50-52-54-56-58-60-62-64-66-68-70-72-74-76-83(86)90-80-82(81-92-94(88,89)91-79-78-85(3,4)5)93-84(87)77-75-73-71-69-67-65-63-61-59-57-55-53-51-48-35-33-31-29-27-25-23-21-19-17-15-13-11-9-7-2/h9,11,15,17-18,20-21,23-24,26-27,29,33,35,51,53,57,59,82H,6-8,10,12-14,16,19,22,25,28,30-32,34,36-50,52,54-56,58,60-81H2,1-5H3/b11-9-,17-15-,20-18-,23-21-,26-24-,29-27-,35-33-,53-51-,59-57-. The van der Waals surface area contributed by atoms with Crippen LogP contribution in [0, 0.1) is 0 Å². The summed E-state index contributed by atoms with van der Waals surface area (Å²) in [4.78, 5) is 38.1. The summed E-state index contributed by atoms with van der Waals surface area (Å²) in [5.74, 6) is -0.838. The topological polar surface area (TPSA) is 111 Å². The first-order valence-corrected chi connectivity index (χ1v) is 41.1. The first kappa shape index (κ1) is 90.7. The summed E-state index contributed by atoms with van der Waals surface area (Å²) in [5, 5.41) is 0. The van der Waals surface area contributed by atoms with Crippen molar-refractivity contribution >= 4 is 19.8 Å². The number of quaternary nitrogens is 1. The van der Waals surface area contributed by atoms with Crippen molar-refractivity contribution in [3.05, 3.63) is 109 Å². The molecule has 0 aromatic heterocycles. The molecule has 0 fully saturated rings. The molecule has 544 valence electrons. The zero-order valence-electron chi connectivity index (χ0n) is 62.1. The fourth-order valence-corrected chi connectivity index (χ4v) is 12.0. The zero-order valence-corrected chi connectivity index (χ0v) is 63.0. The number of carbonyl (C=O) groups excluding carboxylic acids is 2. The van der Waals surface area contributed by atoms with Gasteiger partial charge in [0.05, 0.1) is 27.7 Å². The number of hydrogen-bond acceptors (Lipinski definition) is 8. The fourth-order valence-electron chi connectivity index (χ4n) is 11.3. The van der Waals surface area contributed by atoms with Crippen molar-refractivity contribution in [1.29, 1.82) is 0 Å². The molecule has 0 saturated carbocycles. The Morgan fingerprint density at radius 1 is 0.340 bits per heavy atom. The first-order valence-electron chi connectivity index (χ1n) is 39.6. The lowest BCUT2D eigenvalue weighted by Crippen LogP contribution is -2.37. The number of phosphoric ester groups is 1. The highest BCUT2D eigenvalue weighted by Crippen LogP contribution is 2.38. The third-order valence-electron chi connectivity index (χ3n) is 17.3. The number of carbonyl (C=O) groups is 2. The van der Waals surface area contributed by atoms with Crippen molar-refractivity contribution < 1.29 is 42.1 Å². The Labute approximate surface area is 582 Å². The highest BCUT2D eigenvalue weighted by Gasteiger charge is 2.22. The Bertz CT molecular complexity index is 1960. The largest absolute Gasteiger partial charge is 0.756 e. The van der Waals surface area contributed by atoms with Crippen LogP contribution in [0.15, 0.2) is 109 Å². The Kier molecular flexibility index (Phi) is 71.3. The van der Waals surface area contributed by atoms with Gasteiger partial charge in [0.1, 0.15) is 19.8 Å². The van der Waals surface area contributed by atoms with E-state index in [0.29, 0.717) is 17.4 Å². The lowest BCUT2D eigenvalue weighted by Gasteiger charge is -2.28. The minimum Gasteiger partial charge on any atom is -0.756 e. The molecule has 0 bridgehead atoms. The molecule has 0 rings (SSSR count). The third-order valence-corrected chi connectivity index (χ3v) is 18.2. The summed E-state index contributed by atoms with van der Waals surface area (Å²) in [6.07, 6.45) is 105. The summed E-state index contributed by atoms with van der Waals surface area (Å²) in [7, 11) is 1.16. The van der Waals surface area contributed by atoms with E-state index in [-0.39, 0.29) is 32.0 Å². The second-order valence-electron chi connectivity index (χ2n) is 27.7. The average molecular weight is 1330 g/mol. The van der Waals surface area contributed by atoms with Crippen LogP contribution in [0.5, 0.6) is 0 Å². The number of likely N-dealkylation sites (N-methyl/N-ethyl adjacent to an activating group) is 1. The van der Waals surface area contributed by atoms with Gasteiger partial charge in [-0.05, 0) is 103 Å². The molecule has 0 aromatic rings. The summed E-state index contributed by atoms with van der Waals surface area (Å²) < 4.78 is 34.4. The minimum atomic E-state index is -4.65. The van der Waals surface area contributed by atoms with Crippen molar-refractivity contribution in [1.82, 2.24) is 0 Å². The molecule has 0 aliphatic carbocycles. The van der Waals surface area contributed by atoms with Gasteiger partial charge in [0.2, 0.25) is 0 Å². The van der Waals surface area contributed by atoms with Gasteiger partial charge < -0.3 is 27.9 Å². The smallest absolute Gasteiger partial charge is 0.306 e. The van der Waals surface area contributed by atoms with Crippen molar-refractivity contribution in [3.63, 3.8) is 0 Å².